The van der Waals surface area contributed by atoms with Crippen molar-refractivity contribution in [2.75, 3.05) is 5.32 Å². The second-order valence-corrected chi connectivity index (χ2v) is 6.11. The highest BCUT2D eigenvalue weighted by atomic mass is 35.5. The Balaban J connectivity index is 1.90. The SMILES string of the molecule is C[C@H](OC(=O)[C@H](C)Oc1ccccc1)C(=O)Nc1ccc(Cl)cc1Cl. The Morgan fingerprint density at radius 3 is 2.32 bits per heavy atom. The summed E-state index contributed by atoms with van der Waals surface area (Å²) in [6, 6.07) is 13.5. The molecule has 132 valence electrons. The van der Waals surface area contributed by atoms with Crippen molar-refractivity contribution >= 4 is 40.8 Å². The van der Waals surface area contributed by atoms with Gasteiger partial charge in [-0.1, -0.05) is 41.4 Å². The van der Waals surface area contributed by atoms with E-state index in [1.165, 1.54) is 13.0 Å². The van der Waals surface area contributed by atoms with Crippen LogP contribution in [0, 0.1) is 0 Å². The molecule has 0 aliphatic heterocycles. The molecule has 25 heavy (non-hydrogen) atoms. The molecule has 0 saturated carbocycles. The molecule has 0 bridgehead atoms. The Morgan fingerprint density at radius 2 is 1.68 bits per heavy atom. The summed E-state index contributed by atoms with van der Waals surface area (Å²) in [5.41, 5.74) is 0.382. The molecule has 2 aromatic rings. The lowest BCUT2D eigenvalue weighted by molar-refractivity contribution is -0.159. The summed E-state index contributed by atoms with van der Waals surface area (Å²) in [7, 11) is 0. The lowest BCUT2D eigenvalue weighted by Gasteiger charge is -2.18. The molecule has 1 N–H and O–H groups in total. The van der Waals surface area contributed by atoms with Crippen LogP contribution >= 0.6 is 23.2 Å². The molecule has 7 heteroatoms. The number of para-hydroxylation sites is 1. The van der Waals surface area contributed by atoms with E-state index in [4.69, 9.17) is 32.7 Å². The van der Waals surface area contributed by atoms with Crippen LogP contribution in [0.1, 0.15) is 13.8 Å². The Kier molecular flexibility index (Phi) is 6.67. The van der Waals surface area contributed by atoms with Gasteiger partial charge in [0.2, 0.25) is 0 Å². The summed E-state index contributed by atoms with van der Waals surface area (Å²) in [6.07, 6.45) is -1.86. The molecule has 0 aromatic heterocycles. The Bertz CT molecular complexity index is 752. The minimum absolute atomic E-state index is 0.292. The predicted octanol–water partition coefficient (Wildman–Crippen LogP) is 4.33. The number of hydrogen-bond donors (Lipinski definition) is 1. The van der Waals surface area contributed by atoms with Crippen LogP contribution in [0.15, 0.2) is 48.5 Å². The molecule has 0 saturated heterocycles. The first kappa shape index (κ1) is 19.1. The molecule has 0 spiro atoms. The topological polar surface area (TPSA) is 64.6 Å². The van der Waals surface area contributed by atoms with Crippen LogP contribution in [0.2, 0.25) is 10.0 Å². The fourth-order valence-electron chi connectivity index (χ4n) is 1.90. The van der Waals surface area contributed by atoms with E-state index in [0.29, 0.717) is 21.5 Å². The summed E-state index contributed by atoms with van der Waals surface area (Å²) in [5.74, 6) is -0.616. The number of carbonyl (C=O) groups is 2. The fraction of sp³-hybridized carbons (Fsp3) is 0.222. The van der Waals surface area contributed by atoms with Gasteiger partial charge in [-0.05, 0) is 44.2 Å². The minimum Gasteiger partial charge on any atom is -0.479 e. The van der Waals surface area contributed by atoms with E-state index in [9.17, 15) is 9.59 Å². The summed E-state index contributed by atoms with van der Waals surface area (Å²) < 4.78 is 10.6. The molecule has 2 rings (SSSR count). The molecular formula is C18H17Cl2NO4. The van der Waals surface area contributed by atoms with E-state index >= 15 is 0 Å². The van der Waals surface area contributed by atoms with Crippen molar-refractivity contribution < 1.29 is 19.1 Å². The smallest absolute Gasteiger partial charge is 0.347 e. The first-order valence-electron chi connectivity index (χ1n) is 7.55. The second-order valence-electron chi connectivity index (χ2n) is 5.27. The van der Waals surface area contributed by atoms with E-state index in [-0.39, 0.29) is 0 Å². The van der Waals surface area contributed by atoms with Crippen LogP contribution in [0.25, 0.3) is 0 Å². The molecule has 2 aromatic carbocycles. The van der Waals surface area contributed by atoms with Gasteiger partial charge in [-0.15, -0.1) is 0 Å². The van der Waals surface area contributed by atoms with Gasteiger partial charge >= 0.3 is 5.97 Å². The van der Waals surface area contributed by atoms with Gasteiger partial charge in [0.15, 0.2) is 12.2 Å². The van der Waals surface area contributed by atoms with Gasteiger partial charge in [0.25, 0.3) is 5.91 Å². The lowest BCUT2D eigenvalue weighted by atomic mass is 10.3. The van der Waals surface area contributed by atoms with Gasteiger partial charge in [-0.2, -0.15) is 0 Å². The number of ether oxygens (including phenoxy) is 2. The van der Waals surface area contributed by atoms with Crippen LogP contribution in [0.3, 0.4) is 0 Å². The van der Waals surface area contributed by atoms with Crippen molar-refractivity contribution in [3.63, 3.8) is 0 Å². The quantitative estimate of drug-likeness (QED) is 0.756. The highest BCUT2D eigenvalue weighted by Gasteiger charge is 2.23. The predicted molar refractivity (Wildman–Crippen MR) is 97.2 cm³/mol. The van der Waals surface area contributed by atoms with E-state index in [1.54, 1.807) is 43.3 Å². The first-order chi connectivity index (χ1) is 11.9. The largest absolute Gasteiger partial charge is 0.479 e. The molecule has 5 nitrogen and oxygen atoms in total. The number of hydrogen-bond acceptors (Lipinski definition) is 4. The summed E-state index contributed by atoms with van der Waals surface area (Å²) in [4.78, 5) is 24.2. The summed E-state index contributed by atoms with van der Waals surface area (Å²) >= 11 is 11.8. The zero-order chi connectivity index (χ0) is 18.4. The Morgan fingerprint density at radius 1 is 1.00 bits per heavy atom. The normalized spacial score (nSPS) is 12.8. The van der Waals surface area contributed by atoms with Crippen LogP contribution in [-0.2, 0) is 14.3 Å². The average Bonchev–Trinajstić information content (AvgIpc) is 2.58. The van der Waals surface area contributed by atoms with Crippen molar-refractivity contribution in [3.8, 4) is 5.75 Å². The first-order valence-corrected chi connectivity index (χ1v) is 8.30. The Hall–Kier alpha value is -2.24. The van der Waals surface area contributed by atoms with Gasteiger partial charge < -0.3 is 14.8 Å². The van der Waals surface area contributed by atoms with Crippen molar-refractivity contribution in [2.24, 2.45) is 0 Å². The fourth-order valence-corrected chi connectivity index (χ4v) is 2.36. The molecule has 0 radical (unpaired) electrons. The van der Waals surface area contributed by atoms with Gasteiger partial charge in [-0.3, -0.25) is 4.79 Å². The van der Waals surface area contributed by atoms with E-state index in [1.807, 2.05) is 6.07 Å². The molecule has 0 heterocycles. The van der Waals surface area contributed by atoms with Gasteiger partial charge in [-0.25, -0.2) is 4.79 Å². The van der Waals surface area contributed by atoms with E-state index in [0.717, 1.165) is 0 Å². The maximum atomic E-state index is 12.1. The zero-order valence-electron chi connectivity index (χ0n) is 13.7. The molecule has 0 fully saturated rings. The average molecular weight is 382 g/mol. The third-order valence-electron chi connectivity index (χ3n) is 3.24. The maximum absolute atomic E-state index is 12.1. The number of carbonyl (C=O) groups excluding carboxylic acids is 2. The molecule has 0 unspecified atom stereocenters. The number of nitrogens with one attached hydrogen (secondary N) is 1. The van der Waals surface area contributed by atoms with Crippen molar-refractivity contribution in [1.82, 2.24) is 0 Å². The molecule has 0 aliphatic carbocycles. The van der Waals surface area contributed by atoms with Gasteiger partial charge in [0, 0.05) is 5.02 Å². The number of benzene rings is 2. The number of esters is 1. The highest BCUT2D eigenvalue weighted by molar-refractivity contribution is 6.36. The van der Waals surface area contributed by atoms with Crippen LogP contribution < -0.4 is 10.1 Å². The van der Waals surface area contributed by atoms with Crippen molar-refractivity contribution in [3.05, 3.63) is 58.6 Å². The Labute approximate surface area is 155 Å². The molecule has 1 amide bonds. The minimum atomic E-state index is -1.01. The summed E-state index contributed by atoms with van der Waals surface area (Å²) in [5, 5.41) is 3.33. The highest BCUT2D eigenvalue weighted by Crippen LogP contribution is 2.25. The molecule has 2 atom stereocenters. The maximum Gasteiger partial charge on any atom is 0.347 e. The second kappa shape index (κ2) is 8.74. The standard InChI is InChI=1S/C18H17Cl2NO4/c1-11(17(22)21-16-9-8-13(19)10-15(16)20)25-18(23)12(2)24-14-6-4-3-5-7-14/h3-12H,1-2H3,(H,21,22)/t11-,12-/m0/s1. The van der Waals surface area contributed by atoms with Crippen LogP contribution in [0.4, 0.5) is 5.69 Å². The number of rotatable bonds is 6. The number of anilines is 1. The van der Waals surface area contributed by atoms with Gasteiger partial charge in [0.05, 0.1) is 10.7 Å². The zero-order valence-corrected chi connectivity index (χ0v) is 15.2. The summed E-state index contributed by atoms with van der Waals surface area (Å²) in [6.45, 7) is 3.02. The van der Waals surface area contributed by atoms with Crippen molar-refractivity contribution in [1.29, 1.82) is 0 Å². The lowest BCUT2D eigenvalue weighted by Crippen LogP contribution is -2.35. The van der Waals surface area contributed by atoms with Crippen LogP contribution in [0.5, 0.6) is 5.75 Å². The molecular weight excluding hydrogens is 365 g/mol. The van der Waals surface area contributed by atoms with E-state index < -0.39 is 24.1 Å². The van der Waals surface area contributed by atoms with Crippen LogP contribution in [-0.4, -0.2) is 24.1 Å². The van der Waals surface area contributed by atoms with E-state index in [2.05, 4.69) is 5.32 Å². The van der Waals surface area contributed by atoms with Gasteiger partial charge in [0.1, 0.15) is 5.75 Å². The molecule has 0 aliphatic rings. The monoisotopic (exact) mass is 381 g/mol. The third kappa shape index (κ3) is 5.66. The number of amides is 1. The number of halogens is 2. The van der Waals surface area contributed by atoms with Crippen molar-refractivity contribution in [2.45, 2.75) is 26.1 Å². The third-order valence-corrected chi connectivity index (χ3v) is 3.79.